The summed E-state index contributed by atoms with van der Waals surface area (Å²) in [5, 5.41) is 13.3. The molecular weight excluding hydrogens is 262 g/mol. The minimum absolute atomic E-state index is 0.0542. The lowest BCUT2D eigenvalue weighted by atomic mass is 9.93. The van der Waals surface area contributed by atoms with E-state index in [0.29, 0.717) is 18.9 Å². The molecule has 3 heteroatoms. The van der Waals surface area contributed by atoms with Crippen LogP contribution in [0.5, 0.6) is 0 Å². The summed E-state index contributed by atoms with van der Waals surface area (Å²) in [6.45, 7) is 6.41. The van der Waals surface area contributed by atoms with Crippen molar-refractivity contribution < 1.29 is 9.90 Å². The molecule has 1 aliphatic carbocycles. The lowest BCUT2D eigenvalue weighted by Gasteiger charge is -2.26. The summed E-state index contributed by atoms with van der Waals surface area (Å²) in [4.78, 5) is 12.5. The van der Waals surface area contributed by atoms with Gasteiger partial charge >= 0.3 is 0 Å². The smallest absolute Gasteiger partial charge is 0.230 e. The van der Waals surface area contributed by atoms with Crippen LogP contribution >= 0.6 is 0 Å². The Kier molecular flexibility index (Phi) is 4.72. The number of aliphatic hydroxyl groups is 1. The van der Waals surface area contributed by atoms with Gasteiger partial charge < -0.3 is 10.4 Å². The molecule has 1 unspecified atom stereocenters. The summed E-state index contributed by atoms with van der Waals surface area (Å²) in [6, 6.07) is 9.95. The lowest BCUT2D eigenvalue weighted by Crippen LogP contribution is -2.44. The molecule has 1 aromatic rings. The van der Waals surface area contributed by atoms with E-state index in [-0.39, 0.29) is 11.3 Å². The molecule has 1 fully saturated rings. The van der Waals surface area contributed by atoms with Crippen LogP contribution in [-0.2, 0) is 10.2 Å². The first-order chi connectivity index (χ1) is 9.86. The Bertz CT molecular complexity index is 475. The van der Waals surface area contributed by atoms with Crippen molar-refractivity contribution in [1.82, 2.24) is 5.32 Å². The number of nitrogens with one attached hydrogen (secondary N) is 1. The van der Waals surface area contributed by atoms with E-state index in [1.807, 2.05) is 30.3 Å². The molecule has 1 atom stereocenters. The van der Waals surface area contributed by atoms with Gasteiger partial charge in [-0.25, -0.2) is 0 Å². The summed E-state index contributed by atoms with van der Waals surface area (Å²) in [7, 11) is 0. The molecule has 1 amide bonds. The minimum Gasteiger partial charge on any atom is -0.388 e. The third kappa shape index (κ3) is 4.07. The third-order valence-corrected chi connectivity index (χ3v) is 4.40. The number of benzene rings is 1. The van der Waals surface area contributed by atoms with Crippen molar-refractivity contribution in [2.75, 3.05) is 6.54 Å². The topological polar surface area (TPSA) is 49.3 Å². The van der Waals surface area contributed by atoms with Gasteiger partial charge in [0.05, 0.1) is 11.0 Å². The summed E-state index contributed by atoms with van der Waals surface area (Å²) in [6.07, 6.45) is 3.48. The van der Waals surface area contributed by atoms with E-state index in [4.69, 9.17) is 0 Å². The Balaban J connectivity index is 1.90. The molecule has 2 N–H and O–H groups in total. The zero-order valence-corrected chi connectivity index (χ0v) is 13.4. The van der Waals surface area contributed by atoms with E-state index in [9.17, 15) is 9.90 Å². The monoisotopic (exact) mass is 289 g/mol. The van der Waals surface area contributed by atoms with Crippen molar-refractivity contribution in [3.63, 3.8) is 0 Å². The van der Waals surface area contributed by atoms with E-state index < -0.39 is 5.60 Å². The van der Waals surface area contributed by atoms with Crippen LogP contribution in [0.15, 0.2) is 30.3 Å². The summed E-state index contributed by atoms with van der Waals surface area (Å²) in [5.74, 6) is 0.616. The first kappa shape index (κ1) is 16.0. The van der Waals surface area contributed by atoms with E-state index in [2.05, 4.69) is 19.2 Å². The second kappa shape index (κ2) is 6.18. The van der Waals surface area contributed by atoms with Gasteiger partial charge in [0.15, 0.2) is 0 Å². The normalized spacial score (nSPS) is 19.1. The zero-order chi connectivity index (χ0) is 15.5. The van der Waals surface area contributed by atoms with Crippen molar-refractivity contribution in [3.8, 4) is 0 Å². The van der Waals surface area contributed by atoms with Crippen molar-refractivity contribution in [1.29, 1.82) is 0 Å². The maximum absolute atomic E-state index is 12.5. The van der Waals surface area contributed by atoms with Crippen LogP contribution in [-0.4, -0.2) is 23.2 Å². The Morgan fingerprint density at radius 3 is 2.48 bits per heavy atom. The Hall–Kier alpha value is -1.35. The molecule has 0 saturated heterocycles. The molecule has 0 spiro atoms. The second-order valence-electron chi connectivity index (χ2n) is 7.06. The fraction of sp³-hybridized carbons (Fsp3) is 0.611. The molecule has 0 heterocycles. The number of hydrogen-bond donors (Lipinski definition) is 2. The number of amides is 1. The molecule has 0 aliphatic heterocycles. The number of carbonyl (C=O) groups excluding carboxylic acids is 1. The maximum atomic E-state index is 12.5. The molecule has 0 bridgehead atoms. The molecule has 2 rings (SSSR count). The summed E-state index contributed by atoms with van der Waals surface area (Å²) < 4.78 is 0. The summed E-state index contributed by atoms with van der Waals surface area (Å²) in [5.41, 5.74) is -0.0911. The van der Waals surface area contributed by atoms with E-state index in [1.54, 1.807) is 6.92 Å². The molecule has 21 heavy (non-hydrogen) atoms. The highest BCUT2D eigenvalue weighted by atomic mass is 16.3. The minimum atomic E-state index is -0.827. The van der Waals surface area contributed by atoms with Gasteiger partial charge in [-0.3, -0.25) is 4.79 Å². The summed E-state index contributed by atoms with van der Waals surface area (Å²) >= 11 is 0. The van der Waals surface area contributed by atoms with E-state index in [1.165, 1.54) is 0 Å². The average molecular weight is 289 g/mol. The standard InChI is InChI=1S/C18H27NO2/c1-14(2)9-10-17(3,21)13-19-16(20)18(11-12-18)15-7-5-4-6-8-15/h4-8,14,21H,9-13H2,1-3H3,(H,19,20). The van der Waals surface area contributed by atoms with Gasteiger partial charge in [-0.2, -0.15) is 0 Å². The van der Waals surface area contributed by atoms with Gasteiger partial charge in [0, 0.05) is 6.54 Å². The van der Waals surface area contributed by atoms with Crippen LogP contribution in [0, 0.1) is 5.92 Å². The molecule has 116 valence electrons. The first-order valence-electron chi connectivity index (χ1n) is 7.92. The molecule has 1 aliphatic rings. The second-order valence-corrected chi connectivity index (χ2v) is 7.06. The first-order valence-corrected chi connectivity index (χ1v) is 7.92. The number of carbonyl (C=O) groups is 1. The Labute approximate surface area is 127 Å². The van der Waals surface area contributed by atoms with Crippen LogP contribution in [0.4, 0.5) is 0 Å². The van der Waals surface area contributed by atoms with Crippen molar-refractivity contribution in [2.45, 2.75) is 57.5 Å². The van der Waals surface area contributed by atoms with Crippen molar-refractivity contribution >= 4 is 5.91 Å². The van der Waals surface area contributed by atoms with Crippen LogP contribution < -0.4 is 5.32 Å². The highest BCUT2D eigenvalue weighted by Crippen LogP contribution is 2.48. The van der Waals surface area contributed by atoms with E-state index in [0.717, 1.165) is 24.8 Å². The van der Waals surface area contributed by atoms with Gasteiger partial charge in [0.25, 0.3) is 0 Å². The van der Waals surface area contributed by atoms with Gasteiger partial charge in [-0.05, 0) is 44.1 Å². The van der Waals surface area contributed by atoms with Crippen LogP contribution in [0.25, 0.3) is 0 Å². The van der Waals surface area contributed by atoms with Crippen LogP contribution in [0.1, 0.15) is 52.0 Å². The van der Waals surface area contributed by atoms with Gasteiger partial charge in [-0.15, -0.1) is 0 Å². The van der Waals surface area contributed by atoms with Crippen molar-refractivity contribution in [2.24, 2.45) is 5.92 Å². The Morgan fingerprint density at radius 2 is 1.95 bits per heavy atom. The molecule has 1 saturated carbocycles. The number of rotatable bonds is 7. The maximum Gasteiger partial charge on any atom is 0.230 e. The van der Waals surface area contributed by atoms with Gasteiger partial charge in [0.2, 0.25) is 5.91 Å². The largest absolute Gasteiger partial charge is 0.388 e. The molecular formula is C18H27NO2. The third-order valence-electron chi connectivity index (χ3n) is 4.40. The average Bonchev–Trinajstić information content (AvgIpc) is 3.26. The van der Waals surface area contributed by atoms with Gasteiger partial charge in [0.1, 0.15) is 0 Å². The zero-order valence-electron chi connectivity index (χ0n) is 13.4. The van der Waals surface area contributed by atoms with Crippen LogP contribution in [0.3, 0.4) is 0 Å². The fourth-order valence-electron chi connectivity index (χ4n) is 2.66. The predicted molar refractivity (Wildman–Crippen MR) is 85.1 cm³/mol. The SMILES string of the molecule is CC(C)CCC(C)(O)CNC(=O)C1(c2ccccc2)CC1. The lowest BCUT2D eigenvalue weighted by molar-refractivity contribution is -0.124. The van der Waals surface area contributed by atoms with E-state index >= 15 is 0 Å². The van der Waals surface area contributed by atoms with Crippen LogP contribution in [0.2, 0.25) is 0 Å². The number of hydrogen-bond acceptors (Lipinski definition) is 2. The van der Waals surface area contributed by atoms with Gasteiger partial charge in [-0.1, -0.05) is 44.2 Å². The highest BCUT2D eigenvalue weighted by Gasteiger charge is 2.51. The highest BCUT2D eigenvalue weighted by molar-refractivity contribution is 5.91. The molecule has 1 aromatic carbocycles. The van der Waals surface area contributed by atoms with Crippen molar-refractivity contribution in [3.05, 3.63) is 35.9 Å². The Morgan fingerprint density at radius 1 is 1.33 bits per heavy atom. The predicted octanol–water partition coefficient (Wildman–Crippen LogP) is 3.02. The molecule has 0 radical (unpaired) electrons. The quantitative estimate of drug-likeness (QED) is 0.810. The molecule has 0 aromatic heterocycles. The fourth-order valence-corrected chi connectivity index (χ4v) is 2.66. The molecule has 3 nitrogen and oxygen atoms in total.